The largest absolute Gasteiger partial charge is 0.370 e. The van der Waals surface area contributed by atoms with Crippen molar-refractivity contribution in [1.82, 2.24) is 19.7 Å². The van der Waals surface area contributed by atoms with E-state index in [0.29, 0.717) is 6.04 Å². The summed E-state index contributed by atoms with van der Waals surface area (Å²) in [5.41, 5.74) is 7.38. The third kappa shape index (κ3) is 1.61. The summed E-state index contributed by atoms with van der Waals surface area (Å²) in [6, 6.07) is 2.26. The maximum atomic E-state index is 5.60. The van der Waals surface area contributed by atoms with Crippen molar-refractivity contribution in [2.24, 2.45) is 0 Å². The molecular weight excluding hydrogens is 216 g/mol. The number of aromatic nitrogens is 4. The number of hydrogen-bond acceptors (Lipinski definition) is 5. The normalized spacial score (nSPS) is 18.5. The third-order valence-corrected chi connectivity index (χ3v) is 3.02. The van der Waals surface area contributed by atoms with Gasteiger partial charge in [0.05, 0.1) is 23.5 Å². The minimum Gasteiger partial charge on any atom is -0.370 e. The molecule has 0 bridgehead atoms. The lowest BCUT2D eigenvalue weighted by molar-refractivity contribution is 0.453. The molecule has 88 valence electrons. The van der Waals surface area contributed by atoms with Crippen LogP contribution in [0, 0.1) is 0 Å². The molecule has 6 nitrogen and oxygen atoms in total. The van der Waals surface area contributed by atoms with Gasteiger partial charge in [-0.25, -0.2) is 14.6 Å². The predicted octanol–water partition coefficient (Wildman–Crippen LogP) is 1.30. The van der Waals surface area contributed by atoms with Crippen molar-refractivity contribution in [1.29, 1.82) is 0 Å². The van der Waals surface area contributed by atoms with E-state index in [0.717, 1.165) is 30.0 Å². The van der Waals surface area contributed by atoms with Gasteiger partial charge in [-0.15, -0.1) is 0 Å². The fourth-order valence-corrected chi connectivity index (χ4v) is 2.11. The van der Waals surface area contributed by atoms with Crippen LogP contribution in [-0.4, -0.2) is 26.3 Å². The highest BCUT2D eigenvalue weighted by molar-refractivity contribution is 5.73. The first kappa shape index (κ1) is 10.1. The van der Waals surface area contributed by atoms with Crippen molar-refractivity contribution in [2.45, 2.75) is 19.4 Å². The smallest absolute Gasteiger partial charge is 0.220 e. The van der Waals surface area contributed by atoms with Crippen molar-refractivity contribution >= 4 is 11.8 Å². The van der Waals surface area contributed by atoms with Crippen LogP contribution in [-0.2, 0) is 0 Å². The van der Waals surface area contributed by atoms with Gasteiger partial charge in [0, 0.05) is 12.7 Å². The summed E-state index contributed by atoms with van der Waals surface area (Å²) in [6.07, 6.45) is 4.57. The predicted molar refractivity (Wildman–Crippen MR) is 65.5 cm³/mol. The van der Waals surface area contributed by atoms with Gasteiger partial charge in [0.1, 0.15) is 5.82 Å². The van der Waals surface area contributed by atoms with Crippen LogP contribution in [0.5, 0.6) is 0 Å². The molecule has 3 rings (SSSR count). The first-order valence-electron chi connectivity index (χ1n) is 5.66. The van der Waals surface area contributed by atoms with Crippen LogP contribution in [0.3, 0.4) is 0 Å². The zero-order valence-electron chi connectivity index (χ0n) is 9.59. The Hall–Kier alpha value is -2.11. The molecule has 0 aromatic carbocycles. The molecule has 17 heavy (non-hydrogen) atoms. The third-order valence-electron chi connectivity index (χ3n) is 3.02. The van der Waals surface area contributed by atoms with E-state index >= 15 is 0 Å². The van der Waals surface area contributed by atoms with Crippen molar-refractivity contribution in [3.63, 3.8) is 0 Å². The summed E-state index contributed by atoms with van der Waals surface area (Å²) in [7, 11) is 0. The molecule has 0 saturated carbocycles. The summed E-state index contributed by atoms with van der Waals surface area (Å²) >= 11 is 0. The Morgan fingerprint density at radius 3 is 3.24 bits per heavy atom. The van der Waals surface area contributed by atoms with Crippen LogP contribution >= 0.6 is 0 Å². The molecule has 1 atom stereocenters. The molecule has 1 aliphatic heterocycles. The second kappa shape index (κ2) is 3.73. The number of nitrogens with zero attached hydrogens (tertiary/aromatic N) is 4. The monoisotopic (exact) mass is 230 g/mol. The van der Waals surface area contributed by atoms with Gasteiger partial charge in [-0.3, -0.25) is 0 Å². The topological polar surface area (TPSA) is 81.7 Å². The van der Waals surface area contributed by atoms with Crippen molar-refractivity contribution in [2.75, 3.05) is 17.6 Å². The first-order chi connectivity index (χ1) is 8.25. The first-order valence-corrected chi connectivity index (χ1v) is 5.66. The van der Waals surface area contributed by atoms with Crippen LogP contribution in [0.4, 0.5) is 11.8 Å². The summed E-state index contributed by atoms with van der Waals surface area (Å²) in [4.78, 5) is 8.12. The van der Waals surface area contributed by atoms with E-state index in [2.05, 4.69) is 27.3 Å². The molecule has 6 heteroatoms. The number of nitrogen functional groups attached to an aromatic ring is 1. The average Bonchev–Trinajstić information content (AvgIpc) is 2.74. The van der Waals surface area contributed by atoms with E-state index in [-0.39, 0.29) is 5.95 Å². The molecule has 2 aromatic rings. The van der Waals surface area contributed by atoms with Gasteiger partial charge in [-0.2, -0.15) is 5.10 Å². The molecule has 0 spiro atoms. The Morgan fingerprint density at radius 2 is 2.41 bits per heavy atom. The number of fused-ring (bicyclic) bond motifs is 1. The zero-order valence-corrected chi connectivity index (χ0v) is 9.59. The van der Waals surface area contributed by atoms with Crippen LogP contribution in [0.25, 0.3) is 11.3 Å². The van der Waals surface area contributed by atoms with Gasteiger partial charge in [-0.05, 0) is 19.4 Å². The summed E-state index contributed by atoms with van der Waals surface area (Å²) in [6.45, 7) is 3.12. The highest BCUT2D eigenvalue weighted by Crippen LogP contribution is 2.32. The zero-order chi connectivity index (χ0) is 11.8. The number of hydrogen-bond donors (Lipinski definition) is 2. The lowest BCUT2D eigenvalue weighted by atomic mass is 10.1. The summed E-state index contributed by atoms with van der Waals surface area (Å²) in [5.74, 6) is 1.30. The molecule has 0 radical (unpaired) electrons. The van der Waals surface area contributed by atoms with Gasteiger partial charge >= 0.3 is 0 Å². The highest BCUT2D eigenvalue weighted by atomic mass is 15.4. The minimum absolute atomic E-state index is 0.284. The Morgan fingerprint density at radius 1 is 1.53 bits per heavy atom. The number of nitrogens with one attached hydrogen (secondary N) is 1. The molecule has 1 aliphatic rings. The van der Waals surface area contributed by atoms with E-state index in [9.17, 15) is 0 Å². The lowest BCUT2D eigenvalue weighted by Crippen LogP contribution is -2.21. The van der Waals surface area contributed by atoms with Crippen LogP contribution < -0.4 is 11.1 Å². The van der Waals surface area contributed by atoms with Gasteiger partial charge in [0.25, 0.3) is 0 Å². The van der Waals surface area contributed by atoms with Crippen molar-refractivity contribution < 1.29 is 0 Å². The fraction of sp³-hybridized carbons (Fsp3) is 0.364. The molecule has 1 unspecified atom stereocenters. The van der Waals surface area contributed by atoms with E-state index in [1.54, 1.807) is 6.20 Å². The van der Waals surface area contributed by atoms with Gasteiger partial charge < -0.3 is 11.1 Å². The Bertz CT molecular complexity index is 547. The van der Waals surface area contributed by atoms with Crippen LogP contribution in [0.2, 0.25) is 0 Å². The fourth-order valence-electron chi connectivity index (χ4n) is 2.11. The quantitative estimate of drug-likeness (QED) is 0.771. The molecule has 2 aromatic heterocycles. The van der Waals surface area contributed by atoms with E-state index in [4.69, 9.17) is 5.73 Å². The average molecular weight is 230 g/mol. The van der Waals surface area contributed by atoms with E-state index < -0.39 is 0 Å². The molecule has 3 heterocycles. The van der Waals surface area contributed by atoms with Crippen molar-refractivity contribution in [3.8, 4) is 11.3 Å². The Labute approximate surface area is 98.9 Å². The summed E-state index contributed by atoms with van der Waals surface area (Å²) < 4.78 is 2.00. The van der Waals surface area contributed by atoms with Gasteiger partial charge in [0.15, 0.2) is 0 Å². The Kier molecular flexibility index (Phi) is 2.21. The molecule has 0 aliphatic carbocycles. The van der Waals surface area contributed by atoms with E-state index in [1.165, 1.54) is 0 Å². The second-order valence-electron chi connectivity index (χ2n) is 4.22. The van der Waals surface area contributed by atoms with E-state index in [1.807, 2.05) is 16.9 Å². The maximum Gasteiger partial charge on any atom is 0.220 e. The van der Waals surface area contributed by atoms with Crippen LogP contribution in [0.15, 0.2) is 18.5 Å². The number of nitrogens with two attached hydrogens (primary N) is 1. The molecule has 0 fully saturated rings. The minimum atomic E-state index is 0.284. The number of rotatable bonds is 1. The van der Waals surface area contributed by atoms with Gasteiger partial charge in [0.2, 0.25) is 5.95 Å². The summed E-state index contributed by atoms with van der Waals surface area (Å²) in [5, 5.41) is 7.76. The lowest BCUT2D eigenvalue weighted by Gasteiger charge is -2.23. The molecule has 0 saturated heterocycles. The molecule has 0 amide bonds. The highest BCUT2D eigenvalue weighted by Gasteiger charge is 2.21. The molecular formula is C11H14N6. The standard InChI is InChI=1S/C11H14N6/c1-7-2-4-13-10-8(6-15-17(7)10)9-3-5-14-11(12)16-9/h3,5-7,13H,2,4H2,1H3,(H2,12,14,16). The number of anilines is 2. The SMILES string of the molecule is CC1CCNc2c(-c3ccnc(N)n3)cnn21. The molecule has 3 N–H and O–H groups in total. The van der Waals surface area contributed by atoms with Gasteiger partial charge in [-0.1, -0.05) is 0 Å². The van der Waals surface area contributed by atoms with Crippen LogP contribution in [0.1, 0.15) is 19.4 Å². The second-order valence-corrected chi connectivity index (χ2v) is 4.22. The Balaban J connectivity index is 2.10. The maximum absolute atomic E-state index is 5.60. The van der Waals surface area contributed by atoms with Crippen molar-refractivity contribution in [3.05, 3.63) is 18.5 Å².